The van der Waals surface area contributed by atoms with Crippen molar-refractivity contribution in [1.82, 2.24) is 10.7 Å². The molecule has 1 aromatic carbocycles. The van der Waals surface area contributed by atoms with Crippen LogP contribution in [0.15, 0.2) is 42.0 Å². The van der Waals surface area contributed by atoms with Crippen LogP contribution in [0, 0.1) is 0 Å². The second kappa shape index (κ2) is 8.52. The maximum Gasteiger partial charge on any atom is 0.329 e. The van der Waals surface area contributed by atoms with Gasteiger partial charge in [-0.25, -0.2) is 5.43 Å². The maximum absolute atomic E-state index is 11.4. The summed E-state index contributed by atoms with van der Waals surface area (Å²) in [4.78, 5) is 22.7. The van der Waals surface area contributed by atoms with Gasteiger partial charge in [0, 0.05) is 6.04 Å². The fourth-order valence-corrected chi connectivity index (χ4v) is 1.35. The average Bonchev–Trinajstić information content (AvgIpc) is 2.45. The van der Waals surface area contributed by atoms with E-state index in [1.165, 1.54) is 6.21 Å². The largest absolute Gasteiger partial charge is 0.490 e. The van der Waals surface area contributed by atoms with Crippen LogP contribution in [0.4, 0.5) is 0 Å². The van der Waals surface area contributed by atoms with Crippen LogP contribution < -0.4 is 15.5 Å². The molecule has 0 radical (unpaired) electrons. The first-order valence-electron chi connectivity index (χ1n) is 6.50. The molecule has 1 rings (SSSR count). The smallest absolute Gasteiger partial charge is 0.329 e. The molecule has 0 spiro atoms. The van der Waals surface area contributed by atoms with Crippen LogP contribution in [0.1, 0.15) is 19.4 Å². The molecule has 2 amide bonds. The number of nitrogens with zero attached hydrogens (tertiary/aromatic N) is 1. The highest BCUT2D eigenvalue weighted by molar-refractivity contribution is 6.35. The molecule has 6 heteroatoms. The summed E-state index contributed by atoms with van der Waals surface area (Å²) in [6.45, 7) is 7.54. The van der Waals surface area contributed by atoms with E-state index in [0.29, 0.717) is 12.4 Å². The molecule has 6 nitrogen and oxygen atoms in total. The molecule has 0 saturated carbocycles. The van der Waals surface area contributed by atoms with Crippen molar-refractivity contribution in [3.63, 3.8) is 0 Å². The van der Waals surface area contributed by atoms with E-state index < -0.39 is 11.8 Å². The molecular formula is C15H19N3O3. The van der Waals surface area contributed by atoms with E-state index >= 15 is 0 Å². The molecule has 0 bridgehead atoms. The highest BCUT2D eigenvalue weighted by atomic mass is 16.5. The number of nitrogens with one attached hydrogen (secondary N) is 2. The molecule has 0 aromatic heterocycles. The van der Waals surface area contributed by atoms with Crippen LogP contribution in [0.3, 0.4) is 0 Å². The van der Waals surface area contributed by atoms with Crippen molar-refractivity contribution in [2.45, 2.75) is 19.9 Å². The van der Waals surface area contributed by atoms with Crippen LogP contribution in [0.25, 0.3) is 0 Å². The summed E-state index contributed by atoms with van der Waals surface area (Å²) in [6, 6.07) is 7.01. The second-order valence-corrected chi connectivity index (χ2v) is 4.50. The van der Waals surface area contributed by atoms with Gasteiger partial charge in [-0.05, 0) is 43.7 Å². The van der Waals surface area contributed by atoms with Gasteiger partial charge < -0.3 is 10.1 Å². The summed E-state index contributed by atoms with van der Waals surface area (Å²) in [6.07, 6.45) is 3.10. The lowest BCUT2D eigenvalue weighted by Crippen LogP contribution is -2.41. The van der Waals surface area contributed by atoms with Crippen molar-refractivity contribution in [2.75, 3.05) is 6.61 Å². The highest BCUT2D eigenvalue weighted by Crippen LogP contribution is 2.10. The van der Waals surface area contributed by atoms with Crippen molar-refractivity contribution in [2.24, 2.45) is 5.10 Å². The molecule has 0 aliphatic carbocycles. The van der Waals surface area contributed by atoms with E-state index in [1.807, 2.05) is 0 Å². The first-order chi connectivity index (χ1) is 10.0. The Morgan fingerprint density at radius 2 is 1.95 bits per heavy atom. The van der Waals surface area contributed by atoms with Gasteiger partial charge >= 0.3 is 11.8 Å². The average molecular weight is 289 g/mol. The van der Waals surface area contributed by atoms with Crippen LogP contribution in [-0.4, -0.2) is 30.7 Å². The number of rotatable bonds is 6. The minimum atomic E-state index is -0.800. The van der Waals surface area contributed by atoms with Crippen LogP contribution in [-0.2, 0) is 9.59 Å². The van der Waals surface area contributed by atoms with Crippen molar-refractivity contribution in [1.29, 1.82) is 0 Å². The maximum atomic E-state index is 11.4. The predicted octanol–water partition coefficient (Wildman–Crippen LogP) is 1.23. The monoisotopic (exact) mass is 289 g/mol. The lowest BCUT2D eigenvalue weighted by atomic mass is 10.2. The summed E-state index contributed by atoms with van der Waals surface area (Å²) >= 11 is 0. The topological polar surface area (TPSA) is 79.8 Å². The number of carbonyl (C=O) groups is 2. The van der Waals surface area contributed by atoms with Gasteiger partial charge in [0.2, 0.25) is 0 Å². The highest BCUT2D eigenvalue weighted by Gasteiger charge is 2.12. The molecule has 21 heavy (non-hydrogen) atoms. The third-order valence-electron chi connectivity index (χ3n) is 2.25. The van der Waals surface area contributed by atoms with Gasteiger partial charge in [0.25, 0.3) is 0 Å². The Kier molecular flexibility index (Phi) is 6.67. The van der Waals surface area contributed by atoms with E-state index in [1.54, 1.807) is 44.2 Å². The predicted molar refractivity (Wildman–Crippen MR) is 81.1 cm³/mol. The molecule has 2 N–H and O–H groups in total. The molecule has 0 atom stereocenters. The fraction of sp³-hybridized carbons (Fsp3) is 0.267. The Morgan fingerprint density at radius 1 is 1.29 bits per heavy atom. The van der Waals surface area contributed by atoms with Crippen molar-refractivity contribution in [3.05, 3.63) is 42.5 Å². The SMILES string of the molecule is C=CCOc1ccc(/C=N\NC(=O)C(=O)NC(C)C)cc1. The van der Waals surface area contributed by atoms with Crippen LogP contribution in [0.2, 0.25) is 0 Å². The number of carbonyl (C=O) groups excluding carboxylic acids is 2. The van der Waals surface area contributed by atoms with Gasteiger partial charge in [-0.15, -0.1) is 0 Å². The van der Waals surface area contributed by atoms with Gasteiger partial charge in [-0.2, -0.15) is 5.10 Å². The first-order valence-corrected chi connectivity index (χ1v) is 6.50. The van der Waals surface area contributed by atoms with Crippen molar-refractivity contribution < 1.29 is 14.3 Å². The molecular weight excluding hydrogens is 270 g/mol. The molecule has 0 aliphatic heterocycles. The van der Waals surface area contributed by atoms with Crippen molar-refractivity contribution >= 4 is 18.0 Å². The lowest BCUT2D eigenvalue weighted by molar-refractivity contribution is -0.139. The Morgan fingerprint density at radius 3 is 2.52 bits per heavy atom. The molecule has 0 fully saturated rings. The third-order valence-corrected chi connectivity index (χ3v) is 2.25. The third kappa shape index (κ3) is 6.38. The first kappa shape index (κ1) is 16.4. The molecule has 112 valence electrons. The molecule has 1 aromatic rings. The Balaban J connectivity index is 2.47. The molecule has 0 unspecified atom stereocenters. The minimum Gasteiger partial charge on any atom is -0.490 e. The lowest BCUT2D eigenvalue weighted by Gasteiger charge is -2.06. The zero-order valence-corrected chi connectivity index (χ0v) is 12.1. The zero-order chi connectivity index (χ0) is 15.7. The van der Waals surface area contributed by atoms with E-state index in [4.69, 9.17) is 4.74 Å². The molecule has 0 aliphatic rings. The van der Waals surface area contributed by atoms with Gasteiger partial charge in [0.15, 0.2) is 0 Å². The van der Waals surface area contributed by atoms with E-state index in [0.717, 1.165) is 5.56 Å². The number of amides is 2. The normalized spacial score (nSPS) is 10.4. The molecule has 0 heterocycles. The van der Waals surface area contributed by atoms with E-state index in [2.05, 4.69) is 22.4 Å². The van der Waals surface area contributed by atoms with Crippen LogP contribution in [0.5, 0.6) is 5.75 Å². The number of hydrazone groups is 1. The van der Waals surface area contributed by atoms with Gasteiger partial charge in [-0.1, -0.05) is 12.7 Å². The standard InChI is InChI=1S/C15H19N3O3/c1-4-9-21-13-7-5-12(6-8-13)10-16-18-15(20)14(19)17-11(2)3/h4-8,10-11H,1,9H2,2-3H3,(H,17,19)(H,18,20)/b16-10-. The summed E-state index contributed by atoms with van der Waals surface area (Å²) in [5.74, 6) is -0.798. The summed E-state index contributed by atoms with van der Waals surface area (Å²) in [7, 11) is 0. The number of ether oxygens (including phenoxy) is 1. The summed E-state index contributed by atoms with van der Waals surface area (Å²) < 4.78 is 5.34. The van der Waals surface area contributed by atoms with Gasteiger partial charge in [0.05, 0.1) is 6.21 Å². The zero-order valence-electron chi connectivity index (χ0n) is 12.1. The number of hydrogen-bond acceptors (Lipinski definition) is 4. The molecule has 0 saturated heterocycles. The fourth-order valence-electron chi connectivity index (χ4n) is 1.35. The van der Waals surface area contributed by atoms with Crippen LogP contribution >= 0.6 is 0 Å². The second-order valence-electron chi connectivity index (χ2n) is 4.50. The van der Waals surface area contributed by atoms with E-state index in [-0.39, 0.29) is 6.04 Å². The summed E-state index contributed by atoms with van der Waals surface area (Å²) in [5.41, 5.74) is 2.93. The van der Waals surface area contributed by atoms with Gasteiger partial charge in [0.1, 0.15) is 12.4 Å². The van der Waals surface area contributed by atoms with Gasteiger partial charge in [-0.3, -0.25) is 9.59 Å². The quantitative estimate of drug-likeness (QED) is 0.358. The summed E-state index contributed by atoms with van der Waals surface area (Å²) in [5, 5.41) is 6.19. The Bertz CT molecular complexity index is 521. The minimum absolute atomic E-state index is 0.102. The van der Waals surface area contributed by atoms with E-state index in [9.17, 15) is 9.59 Å². The van der Waals surface area contributed by atoms with Crippen molar-refractivity contribution in [3.8, 4) is 5.75 Å². The number of benzene rings is 1. The number of hydrogen-bond donors (Lipinski definition) is 2. The Labute approximate surface area is 123 Å². The Hall–Kier alpha value is -2.63.